The molecule has 9 nitrogen and oxygen atoms in total. The van der Waals surface area contributed by atoms with Gasteiger partial charge in [-0.2, -0.15) is 13.2 Å². The van der Waals surface area contributed by atoms with Crippen molar-refractivity contribution in [1.29, 1.82) is 0 Å². The lowest BCUT2D eigenvalue weighted by Crippen LogP contribution is -2.63. The number of hydrogen-bond donors (Lipinski definition) is 2. The number of halogens is 6. The summed E-state index contributed by atoms with van der Waals surface area (Å²) in [5.41, 5.74) is -2.46. The standard InChI is InChI=1S/C25H21F6N3O6/c26-15-8-12(9-16(27)19(15)28)17-10-34(33-32-17)20-21(36)18(11-35)40-24(6-3-7-38-24)22(20)39-23(37)13-4-1-2-5-14(13)25(29,30)31/h1-2,4-5,8-10,18,20-22,35-36H,3,6-7,11H2/t18-,20+,21+,22-,24+/m1/s1. The lowest BCUT2D eigenvalue weighted by Gasteiger charge is -2.48. The zero-order valence-electron chi connectivity index (χ0n) is 20.3. The summed E-state index contributed by atoms with van der Waals surface area (Å²) < 4.78 is 100.0. The number of aromatic nitrogens is 3. The highest BCUT2D eigenvalue weighted by Gasteiger charge is 2.60. The number of carbonyl (C=O) groups is 1. The van der Waals surface area contributed by atoms with Crippen LogP contribution >= 0.6 is 0 Å². The highest BCUT2D eigenvalue weighted by atomic mass is 19.4. The Morgan fingerprint density at radius 1 is 1.18 bits per heavy atom. The Bertz CT molecular complexity index is 1390. The van der Waals surface area contributed by atoms with Crippen molar-refractivity contribution in [2.45, 2.75) is 49.2 Å². The molecular weight excluding hydrogens is 552 g/mol. The van der Waals surface area contributed by atoms with Gasteiger partial charge < -0.3 is 24.4 Å². The molecule has 214 valence electrons. The molecule has 2 fully saturated rings. The summed E-state index contributed by atoms with van der Waals surface area (Å²) in [6, 6.07) is 3.81. The molecule has 1 spiro atoms. The van der Waals surface area contributed by atoms with Crippen LogP contribution in [0.4, 0.5) is 26.3 Å². The van der Waals surface area contributed by atoms with Gasteiger partial charge in [-0.15, -0.1) is 5.10 Å². The Hall–Kier alpha value is -3.53. The molecule has 3 heterocycles. The van der Waals surface area contributed by atoms with E-state index >= 15 is 0 Å². The zero-order chi connectivity index (χ0) is 28.8. The molecule has 2 N–H and O–H groups in total. The van der Waals surface area contributed by atoms with Crippen LogP contribution in [0.25, 0.3) is 11.3 Å². The van der Waals surface area contributed by atoms with Gasteiger partial charge in [-0.3, -0.25) is 0 Å². The van der Waals surface area contributed by atoms with Crippen molar-refractivity contribution >= 4 is 5.97 Å². The van der Waals surface area contributed by atoms with E-state index in [0.29, 0.717) is 24.6 Å². The first kappa shape index (κ1) is 28.0. The maximum atomic E-state index is 13.8. The monoisotopic (exact) mass is 573 g/mol. The van der Waals surface area contributed by atoms with Gasteiger partial charge in [-0.25, -0.2) is 22.6 Å². The molecule has 2 aromatic carbocycles. The average molecular weight is 573 g/mol. The van der Waals surface area contributed by atoms with E-state index < -0.39 is 77.5 Å². The van der Waals surface area contributed by atoms with Crippen LogP contribution in [0.3, 0.4) is 0 Å². The smallest absolute Gasteiger partial charge is 0.417 e. The van der Waals surface area contributed by atoms with E-state index in [4.69, 9.17) is 14.2 Å². The van der Waals surface area contributed by atoms with Crippen molar-refractivity contribution < 1.29 is 55.6 Å². The molecule has 0 aliphatic carbocycles. The van der Waals surface area contributed by atoms with Crippen molar-refractivity contribution in [3.05, 3.63) is 71.2 Å². The Kier molecular flexibility index (Phi) is 7.33. The van der Waals surface area contributed by atoms with Crippen LogP contribution in [0.1, 0.15) is 34.8 Å². The van der Waals surface area contributed by atoms with Crippen molar-refractivity contribution in [2.24, 2.45) is 0 Å². The van der Waals surface area contributed by atoms with E-state index in [0.717, 1.165) is 23.0 Å². The second kappa shape index (κ2) is 10.5. The molecule has 0 amide bonds. The molecule has 40 heavy (non-hydrogen) atoms. The third kappa shape index (κ3) is 4.93. The number of aliphatic hydroxyl groups is 2. The fourth-order valence-corrected chi connectivity index (χ4v) is 4.95. The number of esters is 1. The van der Waals surface area contributed by atoms with Crippen molar-refractivity contribution in [3.63, 3.8) is 0 Å². The van der Waals surface area contributed by atoms with E-state index in [1.807, 2.05) is 0 Å². The first-order chi connectivity index (χ1) is 18.9. The molecule has 2 aliphatic heterocycles. The average Bonchev–Trinajstić information content (AvgIpc) is 3.59. The van der Waals surface area contributed by atoms with Gasteiger partial charge in [0.2, 0.25) is 5.79 Å². The van der Waals surface area contributed by atoms with Crippen LogP contribution in [0.2, 0.25) is 0 Å². The van der Waals surface area contributed by atoms with Crippen LogP contribution in [0, 0.1) is 17.5 Å². The summed E-state index contributed by atoms with van der Waals surface area (Å²) in [6.45, 7) is -0.624. The van der Waals surface area contributed by atoms with Crippen LogP contribution in [-0.2, 0) is 20.4 Å². The molecule has 2 aliphatic rings. The lowest BCUT2D eigenvalue weighted by atomic mass is 9.88. The first-order valence-corrected chi connectivity index (χ1v) is 12.0. The number of rotatable bonds is 5. The number of benzene rings is 2. The van der Waals surface area contributed by atoms with Crippen molar-refractivity contribution in [1.82, 2.24) is 15.0 Å². The second-order valence-electron chi connectivity index (χ2n) is 9.29. The lowest BCUT2D eigenvalue weighted by molar-refractivity contribution is -0.337. The van der Waals surface area contributed by atoms with Crippen LogP contribution < -0.4 is 0 Å². The number of ether oxygens (including phenoxy) is 3. The van der Waals surface area contributed by atoms with Gasteiger partial charge in [0.05, 0.1) is 30.5 Å². The molecule has 0 radical (unpaired) electrons. The summed E-state index contributed by atoms with van der Waals surface area (Å²) in [5, 5.41) is 28.6. The third-order valence-electron chi connectivity index (χ3n) is 6.80. The normalized spacial score (nSPS) is 26.8. The molecule has 5 atom stereocenters. The van der Waals surface area contributed by atoms with Gasteiger partial charge in [0.15, 0.2) is 23.6 Å². The van der Waals surface area contributed by atoms with Gasteiger partial charge in [0.1, 0.15) is 23.9 Å². The number of hydrogen-bond acceptors (Lipinski definition) is 8. The molecule has 3 aromatic rings. The van der Waals surface area contributed by atoms with Crippen molar-refractivity contribution in [2.75, 3.05) is 13.2 Å². The van der Waals surface area contributed by atoms with Gasteiger partial charge in [-0.05, 0) is 30.7 Å². The Balaban J connectivity index is 1.57. The van der Waals surface area contributed by atoms with Crippen LogP contribution in [0.5, 0.6) is 0 Å². The fourth-order valence-electron chi connectivity index (χ4n) is 4.95. The fraction of sp³-hybridized carbons (Fsp3) is 0.400. The topological polar surface area (TPSA) is 116 Å². The van der Waals surface area contributed by atoms with E-state index in [2.05, 4.69) is 10.3 Å². The summed E-state index contributed by atoms with van der Waals surface area (Å²) in [6.07, 6.45) is -7.94. The molecule has 5 rings (SSSR count). The van der Waals surface area contributed by atoms with Gasteiger partial charge in [0.25, 0.3) is 0 Å². The minimum Gasteiger partial charge on any atom is -0.451 e. The minimum atomic E-state index is -4.89. The summed E-state index contributed by atoms with van der Waals surface area (Å²) in [7, 11) is 0. The molecule has 1 aromatic heterocycles. The Morgan fingerprint density at radius 2 is 1.88 bits per heavy atom. The maximum Gasteiger partial charge on any atom is 0.417 e. The number of aliphatic hydroxyl groups excluding tert-OH is 2. The van der Waals surface area contributed by atoms with E-state index in [-0.39, 0.29) is 24.3 Å². The highest BCUT2D eigenvalue weighted by molar-refractivity contribution is 5.91. The predicted octanol–water partition coefficient (Wildman–Crippen LogP) is 3.41. The SMILES string of the molecule is O=C(O[C@@H]1[C@@H](n2cc(-c3cc(F)c(F)c(F)c3)nn2)[C@@H](O)[C@@H](CO)O[C@@]12CCCO2)c1ccccc1C(F)(F)F. The molecule has 15 heteroatoms. The Morgan fingerprint density at radius 3 is 2.50 bits per heavy atom. The third-order valence-corrected chi connectivity index (χ3v) is 6.80. The van der Waals surface area contributed by atoms with Crippen LogP contribution in [0.15, 0.2) is 42.6 Å². The summed E-state index contributed by atoms with van der Waals surface area (Å²) in [5.74, 6) is -7.89. The quantitative estimate of drug-likeness (QED) is 0.271. The maximum absolute atomic E-state index is 13.8. The minimum absolute atomic E-state index is 0.0710. The van der Waals surface area contributed by atoms with Crippen LogP contribution in [-0.4, -0.2) is 68.5 Å². The number of nitrogens with zero attached hydrogens (tertiary/aromatic N) is 3. The second-order valence-corrected chi connectivity index (χ2v) is 9.29. The summed E-state index contributed by atoms with van der Waals surface area (Å²) >= 11 is 0. The number of carbonyl (C=O) groups excluding carboxylic acids is 1. The van der Waals surface area contributed by atoms with E-state index in [9.17, 15) is 41.4 Å². The van der Waals surface area contributed by atoms with Gasteiger partial charge in [0, 0.05) is 12.0 Å². The van der Waals surface area contributed by atoms with E-state index in [1.165, 1.54) is 6.07 Å². The van der Waals surface area contributed by atoms with Gasteiger partial charge >= 0.3 is 12.1 Å². The molecule has 0 bridgehead atoms. The first-order valence-electron chi connectivity index (χ1n) is 12.0. The van der Waals surface area contributed by atoms with E-state index in [1.54, 1.807) is 0 Å². The number of alkyl halides is 3. The van der Waals surface area contributed by atoms with Gasteiger partial charge in [-0.1, -0.05) is 17.3 Å². The Labute approximate surface area is 221 Å². The zero-order valence-corrected chi connectivity index (χ0v) is 20.3. The predicted molar refractivity (Wildman–Crippen MR) is 121 cm³/mol. The molecule has 0 unspecified atom stereocenters. The highest BCUT2D eigenvalue weighted by Crippen LogP contribution is 2.45. The summed E-state index contributed by atoms with van der Waals surface area (Å²) in [4.78, 5) is 13.2. The molecule has 2 saturated heterocycles. The molecular formula is C25H21F6N3O6. The van der Waals surface area contributed by atoms with Crippen molar-refractivity contribution in [3.8, 4) is 11.3 Å². The largest absolute Gasteiger partial charge is 0.451 e. The molecule has 0 saturated carbocycles.